The van der Waals surface area contributed by atoms with E-state index >= 15 is 0 Å². The summed E-state index contributed by atoms with van der Waals surface area (Å²) in [7, 11) is 0. The van der Waals surface area contributed by atoms with E-state index in [1.165, 1.54) is 0 Å². The molecule has 1 atom stereocenters. The van der Waals surface area contributed by atoms with Crippen LogP contribution in [0.1, 0.15) is 30.6 Å². The van der Waals surface area contributed by atoms with Gasteiger partial charge in [0, 0.05) is 6.04 Å². The molecule has 0 fully saturated rings. The van der Waals surface area contributed by atoms with E-state index in [1.54, 1.807) is 6.20 Å². The van der Waals surface area contributed by atoms with E-state index in [4.69, 9.17) is 22.1 Å². The monoisotopic (exact) mass is 276 g/mol. The number of nitrogens with zero attached hydrogens (tertiary/aromatic N) is 1. The van der Waals surface area contributed by atoms with Crippen LogP contribution in [-0.2, 0) is 0 Å². The van der Waals surface area contributed by atoms with Crippen molar-refractivity contribution in [2.75, 3.05) is 0 Å². The van der Waals surface area contributed by atoms with Gasteiger partial charge in [0.1, 0.15) is 11.5 Å². The molecule has 0 aliphatic carbocycles. The smallest absolute Gasteiger partial charge is 0.146 e. The van der Waals surface area contributed by atoms with E-state index in [0.717, 1.165) is 17.7 Å². The summed E-state index contributed by atoms with van der Waals surface area (Å²) in [6.07, 6.45) is 2.53. The highest BCUT2D eigenvalue weighted by Gasteiger charge is 2.07. The second-order valence-corrected chi connectivity index (χ2v) is 4.88. The van der Waals surface area contributed by atoms with E-state index in [0.29, 0.717) is 16.5 Å². The molecule has 0 radical (unpaired) electrons. The third-order valence-corrected chi connectivity index (χ3v) is 3.21. The zero-order valence-electron chi connectivity index (χ0n) is 11.1. The fraction of sp³-hybridized carbons (Fsp3) is 0.267. The molecule has 1 heterocycles. The van der Waals surface area contributed by atoms with Gasteiger partial charge >= 0.3 is 0 Å². The lowest BCUT2D eigenvalue weighted by molar-refractivity contribution is 0.479. The Kier molecular flexibility index (Phi) is 4.40. The number of aryl methyl sites for hydroxylation is 1. The van der Waals surface area contributed by atoms with Gasteiger partial charge in [0.05, 0.1) is 16.9 Å². The number of hydrogen-bond acceptors (Lipinski definition) is 3. The first-order valence-corrected chi connectivity index (χ1v) is 6.63. The van der Waals surface area contributed by atoms with Crippen LogP contribution in [0.15, 0.2) is 36.5 Å². The highest BCUT2D eigenvalue weighted by atomic mass is 35.5. The van der Waals surface area contributed by atoms with Crippen LogP contribution in [0.5, 0.6) is 11.5 Å². The first-order chi connectivity index (χ1) is 9.10. The molecule has 0 aliphatic heterocycles. The second kappa shape index (κ2) is 6.04. The second-order valence-electron chi connectivity index (χ2n) is 4.47. The average Bonchev–Trinajstić information content (AvgIpc) is 2.43. The molecule has 0 amide bonds. The molecule has 2 N–H and O–H groups in total. The molecule has 4 heteroatoms. The molecule has 0 spiro atoms. The van der Waals surface area contributed by atoms with Crippen molar-refractivity contribution < 1.29 is 4.74 Å². The van der Waals surface area contributed by atoms with E-state index in [-0.39, 0.29) is 6.04 Å². The third kappa shape index (κ3) is 3.46. The summed E-state index contributed by atoms with van der Waals surface area (Å²) in [6.45, 7) is 4.02. The van der Waals surface area contributed by atoms with Crippen LogP contribution in [0, 0.1) is 6.92 Å². The van der Waals surface area contributed by atoms with Gasteiger partial charge in [-0.2, -0.15) is 0 Å². The predicted octanol–water partition coefficient (Wildman–Crippen LogP) is 4.25. The molecular weight excluding hydrogens is 260 g/mol. The molecule has 2 rings (SSSR count). The van der Waals surface area contributed by atoms with Gasteiger partial charge in [0.2, 0.25) is 0 Å². The Morgan fingerprint density at radius 2 is 2.11 bits per heavy atom. The Morgan fingerprint density at radius 1 is 1.32 bits per heavy atom. The number of nitrogens with two attached hydrogens (primary N) is 1. The van der Waals surface area contributed by atoms with Gasteiger partial charge in [-0.05, 0) is 43.2 Å². The Bertz CT molecular complexity index is 555. The molecular formula is C15H17ClN2O. The number of hydrogen-bond donors (Lipinski definition) is 1. The molecule has 1 aromatic heterocycles. The molecule has 3 nitrogen and oxygen atoms in total. The van der Waals surface area contributed by atoms with Gasteiger partial charge in [-0.1, -0.05) is 24.6 Å². The molecule has 0 saturated heterocycles. The minimum atomic E-state index is -0.0309. The van der Waals surface area contributed by atoms with Crippen LogP contribution >= 0.6 is 11.6 Å². The van der Waals surface area contributed by atoms with Crippen LogP contribution in [0.25, 0.3) is 0 Å². The average molecular weight is 277 g/mol. The maximum absolute atomic E-state index is 6.08. The summed E-state index contributed by atoms with van der Waals surface area (Å²) in [4.78, 5) is 4.30. The van der Waals surface area contributed by atoms with Crippen molar-refractivity contribution in [3.63, 3.8) is 0 Å². The topological polar surface area (TPSA) is 48.1 Å². The number of benzene rings is 1. The normalized spacial score (nSPS) is 12.2. The molecule has 0 aliphatic rings. The Balaban J connectivity index is 2.17. The molecule has 0 saturated carbocycles. The van der Waals surface area contributed by atoms with Gasteiger partial charge in [-0.15, -0.1) is 0 Å². The minimum absolute atomic E-state index is 0.0309. The molecule has 0 unspecified atom stereocenters. The molecule has 2 aromatic rings. The van der Waals surface area contributed by atoms with Crippen molar-refractivity contribution in [3.05, 3.63) is 52.8 Å². The summed E-state index contributed by atoms with van der Waals surface area (Å²) in [5.41, 5.74) is 7.88. The van der Waals surface area contributed by atoms with Gasteiger partial charge < -0.3 is 10.5 Å². The number of ether oxygens (including phenoxy) is 1. The number of aromatic nitrogens is 1. The van der Waals surface area contributed by atoms with Gasteiger partial charge in [-0.25, -0.2) is 0 Å². The largest absolute Gasteiger partial charge is 0.454 e. The molecule has 100 valence electrons. The van der Waals surface area contributed by atoms with E-state index in [2.05, 4.69) is 4.98 Å². The van der Waals surface area contributed by atoms with Gasteiger partial charge in [0.15, 0.2) is 0 Å². The Morgan fingerprint density at radius 3 is 2.74 bits per heavy atom. The molecule has 0 bridgehead atoms. The fourth-order valence-corrected chi connectivity index (χ4v) is 1.85. The SMILES string of the molecule is CC[C@H](N)c1ccc(Oc2cc(C)ccc2Cl)cn1. The van der Waals surface area contributed by atoms with E-state index in [9.17, 15) is 0 Å². The standard InChI is InChI=1S/C15H17ClN2O/c1-3-13(17)14-7-5-11(9-18-14)19-15-8-10(2)4-6-12(15)16/h4-9,13H,3,17H2,1-2H3/t13-/m0/s1. The predicted molar refractivity (Wildman–Crippen MR) is 77.7 cm³/mol. The summed E-state index contributed by atoms with van der Waals surface area (Å²) >= 11 is 6.08. The minimum Gasteiger partial charge on any atom is -0.454 e. The molecule has 1 aromatic carbocycles. The van der Waals surface area contributed by atoms with Crippen molar-refractivity contribution in [3.8, 4) is 11.5 Å². The van der Waals surface area contributed by atoms with Crippen LogP contribution in [0.3, 0.4) is 0 Å². The van der Waals surface area contributed by atoms with Crippen LogP contribution in [0.4, 0.5) is 0 Å². The lowest BCUT2D eigenvalue weighted by Gasteiger charge is -2.11. The number of rotatable bonds is 4. The number of pyridine rings is 1. The lowest BCUT2D eigenvalue weighted by atomic mass is 10.1. The fourth-order valence-electron chi connectivity index (χ4n) is 1.70. The Hall–Kier alpha value is -1.58. The summed E-state index contributed by atoms with van der Waals surface area (Å²) in [5, 5.41) is 0.583. The Labute approximate surface area is 118 Å². The number of halogens is 1. The van der Waals surface area contributed by atoms with E-state index in [1.807, 2.05) is 44.2 Å². The van der Waals surface area contributed by atoms with Crippen molar-refractivity contribution >= 4 is 11.6 Å². The lowest BCUT2D eigenvalue weighted by Crippen LogP contribution is -2.10. The summed E-state index contributed by atoms with van der Waals surface area (Å²) in [5.74, 6) is 1.29. The maximum atomic E-state index is 6.08. The zero-order valence-corrected chi connectivity index (χ0v) is 11.8. The third-order valence-electron chi connectivity index (χ3n) is 2.89. The van der Waals surface area contributed by atoms with E-state index < -0.39 is 0 Å². The van der Waals surface area contributed by atoms with Crippen molar-refractivity contribution in [2.45, 2.75) is 26.3 Å². The van der Waals surface area contributed by atoms with Crippen molar-refractivity contribution in [1.29, 1.82) is 0 Å². The summed E-state index contributed by atoms with van der Waals surface area (Å²) in [6, 6.07) is 9.37. The van der Waals surface area contributed by atoms with Gasteiger partial charge in [-0.3, -0.25) is 4.98 Å². The van der Waals surface area contributed by atoms with Crippen LogP contribution < -0.4 is 10.5 Å². The summed E-state index contributed by atoms with van der Waals surface area (Å²) < 4.78 is 5.72. The van der Waals surface area contributed by atoms with Crippen molar-refractivity contribution in [2.24, 2.45) is 5.73 Å². The van der Waals surface area contributed by atoms with Crippen LogP contribution in [-0.4, -0.2) is 4.98 Å². The van der Waals surface area contributed by atoms with Crippen LogP contribution in [0.2, 0.25) is 5.02 Å². The van der Waals surface area contributed by atoms with Crippen molar-refractivity contribution in [1.82, 2.24) is 4.98 Å². The maximum Gasteiger partial charge on any atom is 0.146 e. The molecule has 19 heavy (non-hydrogen) atoms. The highest BCUT2D eigenvalue weighted by Crippen LogP contribution is 2.30. The first kappa shape index (κ1) is 13.8. The highest BCUT2D eigenvalue weighted by molar-refractivity contribution is 6.32. The quantitative estimate of drug-likeness (QED) is 0.908. The first-order valence-electron chi connectivity index (χ1n) is 6.25. The zero-order chi connectivity index (χ0) is 13.8. The van der Waals surface area contributed by atoms with Gasteiger partial charge in [0.25, 0.3) is 0 Å².